The molecule has 0 amide bonds. The summed E-state index contributed by atoms with van der Waals surface area (Å²) in [4.78, 5) is 5.84. The zero-order valence-electron chi connectivity index (χ0n) is 17.9. The number of fused-ring (bicyclic) bond motifs is 2. The van der Waals surface area contributed by atoms with Crippen molar-refractivity contribution >= 4 is 5.82 Å². The van der Waals surface area contributed by atoms with Gasteiger partial charge in [-0.05, 0) is 37.0 Å². The van der Waals surface area contributed by atoms with E-state index in [-0.39, 0.29) is 23.4 Å². The van der Waals surface area contributed by atoms with E-state index in [1.165, 1.54) is 6.20 Å². The fraction of sp³-hybridized carbons (Fsp3) is 0.455. The molecule has 0 saturated carbocycles. The summed E-state index contributed by atoms with van der Waals surface area (Å²) in [6.07, 6.45) is 3.03. The summed E-state index contributed by atoms with van der Waals surface area (Å²) in [7, 11) is 1.62. The van der Waals surface area contributed by atoms with E-state index in [0.29, 0.717) is 18.4 Å². The number of alkyl halides is 3. The summed E-state index contributed by atoms with van der Waals surface area (Å²) in [6, 6.07) is 3.78. The summed E-state index contributed by atoms with van der Waals surface area (Å²) in [5.74, 6) is -1.05. The van der Waals surface area contributed by atoms with Crippen LogP contribution in [0.25, 0.3) is 22.5 Å². The summed E-state index contributed by atoms with van der Waals surface area (Å²) < 4.78 is 41.9. The Kier molecular flexibility index (Phi) is 5.43. The van der Waals surface area contributed by atoms with Gasteiger partial charge in [0, 0.05) is 36.9 Å². The standard InChI is InChI=1S/C22H24F3N7O/c1-32(17-8-14-3-2-4-16(29-14)20(17)22(23,24)25)19-11-26-21(31-30-19)15-6-5-12(7-18(15)33)13-9-27-28-10-13/h5-7,9-11,14,16-17,20,29,33H,2-4,8H2,1H3,(H,27,28)/t14-,16+,17+,20-/m1/s1. The van der Waals surface area contributed by atoms with Crippen molar-refractivity contribution in [2.75, 3.05) is 11.9 Å². The lowest BCUT2D eigenvalue weighted by Gasteiger charge is -2.49. The molecule has 4 heterocycles. The SMILES string of the molecule is CN(c1cnc(-c2ccc(-c3cn[nH]c3)cc2O)nn1)[C@H]1C[C@H]2CCC[C@H](N2)[C@H]1C(F)(F)F. The Hall–Kier alpha value is -3.21. The third-order valence-corrected chi connectivity index (χ3v) is 6.75. The average molecular weight is 459 g/mol. The molecule has 3 aromatic rings. The summed E-state index contributed by atoms with van der Waals surface area (Å²) in [5.41, 5.74) is 1.97. The largest absolute Gasteiger partial charge is 0.507 e. The highest BCUT2D eigenvalue weighted by atomic mass is 19.4. The fourth-order valence-corrected chi connectivity index (χ4v) is 5.11. The molecule has 2 bridgehead atoms. The number of nitrogens with one attached hydrogen (secondary N) is 2. The van der Waals surface area contributed by atoms with E-state index >= 15 is 0 Å². The van der Waals surface area contributed by atoms with Gasteiger partial charge in [0.25, 0.3) is 0 Å². The zero-order valence-corrected chi connectivity index (χ0v) is 17.9. The number of aromatic nitrogens is 5. The van der Waals surface area contributed by atoms with E-state index in [0.717, 1.165) is 24.0 Å². The third-order valence-electron chi connectivity index (χ3n) is 6.75. The molecule has 5 rings (SSSR count). The Bertz CT molecular complexity index is 1100. The number of anilines is 1. The van der Waals surface area contributed by atoms with Gasteiger partial charge in [-0.15, -0.1) is 10.2 Å². The van der Waals surface area contributed by atoms with E-state index in [2.05, 4.69) is 30.7 Å². The molecule has 11 heteroatoms. The number of nitrogens with zero attached hydrogens (tertiary/aromatic N) is 5. The Balaban J connectivity index is 1.39. The lowest BCUT2D eigenvalue weighted by Crippen LogP contribution is -2.64. The van der Waals surface area contributed by atoms with E-state index in [9.17, 15) is 18.3 Å². The maximum Gasteiger partial charge on any atom is 0.395 e. The molecule has 0 radical (unpaired) electrons. The average Bonchev–Trinajstić information content (AvgIpc) is 3.32. The van der Waals surface area contributed by atoms with Crippen molar-refractivity contribution in [3.05, 3.63) is 36.8 Å². The Morgan fingerprint density at radius 1 is 1.12 bits per heavy atom. The van der Waals surface area contributed by atoms with Crippen molar-refractivity contribution in [2.24, 2.45) is 5.92 Å². The number of hydrogen-bond acceptors (Lipinski definition) is 7. The van der Waals surface area contributed by atoms with Crippen LogP contribution in [0, 0.1) is 5.92 Å². The van der Waals surface area contributed by atoms with Crippen molar-refractivity contribution in [3.63, 3.8) is 0 Å². The van der Waals surface area contributed by atoms with Crippen LogP contribution in [-0.2, 0) is 0 Å². The highest BCUT2D eigenvalue weighted by Crippen LogP contribution is 2.42. The predicted octanol–water partition coefficient (Wildman–Crippen LogP) is 3.53. The summed E-state index contributed by atoms with van der Waals surface area (Å²) in [5, 5.41) is 28.5. The molecule has 0 unspecified atom stereocenters. The molecule has 174 valence electrons. The van der Waals surface area contributed by atoms with Crippen LogP contribution in [0.15, 0.2) is 36.8 Å². The number of benzene rings is 1. The lowest BCUT2D eigenvalue weighted by molar-refractivity contribution is -0.198. The monoisotopic (exact) mass is 459 g/mol. The summed E-state index contributed by atoms with van der Waals surface area (Å²) >= 11 is 0. The highest BCUT2D eigenvalue weighted by molar-refractivity contribution is 5.72. The normalized spacial score (nSPS) is 25.1. The van der Waals surface area contributed by atoms with Crippen LogP contribution in [0.3, 0.4) is 0 Å². The highest BCUT2D eigenvalue weighted by Gasteiger charge is 2.54. The minimum absolute atomic E-state index is 0.0279. The molecule has 8 nitrogen and oxygen atoms in total. The number of hydrogen-bond donors (Lipinski definition) is 3. The van der Waals surface area contributed by atoms with E-state index < -0.39 is 24.2 Å². The van der Waals surface area contributed by atoms with Gasteiger partial charge in [-0.1, -0.05) is 12.5 Å². The molecule has 2 aromatic heterocycles. The maximum atomic E-state index is 14.0. The van der Waals surface area contributed by atoms with Gasteiger partial charge in [-0.3, -0.25) is 5.10 Å². The van der Waals surface area contributed by atoms with Gasteiger partial charge in [-0.25, -0.2) is 4.98 Å². The maximum absolute atomic E-state index is 14.0. The molecule has 0 spiro atoms. The zero-order chi connectivity index (χ0) is 23.2. The van der Waals surface area contributed by atoms with Gasteiger partial charge < -0.3 is 15.3 Å². The number of piperidine rings is 2. The molecule has 0 aliphatic carbocycles. The Morgan fingerprint density at radius 3 is 2.64 bits per heavy atom. The van der Waals surface area contributed by atoms with E-state index in [1.54, 1.807) is 42.5 Å². The van der Waals surface area contributed by atoms with Crippen molar-refractivity contribution in [1.29, 1.82) is 0 Å². The van der Waals surface area contributed by atoms with Crippen LogP contribution < -0.4 is 10.2 Å². The number of rotatable bonds is 4. The van der Waals surface area contributed by atoms with Crippen molar-refractivity contribution < 1.29 is 18.3 Å². The molecule has 1 aromatic carbocycles. The molecule has 2 aliphatic heterocycles. The number of phenolic OH excluding ortho intramolecular Hbond substituents is 1. The minimum Gasteiger partial charge on any atom is -0.507 e. The Morgan fingerprint density at radius 2 is 1.97 bits per heavy atom. The van der Waals surface area contributed by atoms with Gasteiger partial charge in [0.15, 0.2) is 11.6 Å². The molecule has 2 aliphatic rings. The molecule has 33 heavy (non-hydrogen) atoms. The quantitative estimate of drug-likeness (QED) is 0.549. The minimum atomic E-state index is -4.32. The molecule has 2 fully saturated rings. The van der Waals surface area contributed by atoms with Crippen molar-refractivity contribution in [1.82, 2.24) is 30.7 Å². The van der Waals surface area contributed by atoms with Crippen LogP contribution >= 0.6 is 0 Å². The van der Waals surface area contributed by atoms with Crippen LogP contribution in [0.4, 0.5) is 19.0 Å². The smallest absolute Gasteiger partial charge is 0.395 e. The number of H-pyrrole nitrogens is 1. The lowest BCUT2D eigenvalue weighted by atomic mass is 9.75. The third kappa shape index (κ3) is 4.12. The van der Waals surface area contributed by atoms with Gasteiger partial charge in [0.2, 0.25) is 0 Å². The van der Waals surface area contributed by atoms with Gasteiger partial charge in [0.05, 0.1) is 23.9 Å². The number of halogens is 3. The van der Waals surface area contributed by atoms with Gasteiger partial charge >= 0.3 is 6.18 Å². The van der Waals surface area contributed by atoms with Crippen LogP contribution in [0.2, 0.25) is 0 Å². The first-order chi connectivity index (χ1) is 15.8. The number of aromatic amines is 1. The fourth-order valence-electron chi connectivity index (χ4n) is 5.11. The first kappa shape index (κ1) is 21.6. The van der Waals surface area contributed by atoms with E-state index in [4.69, 9.17) is 0 Å². The van der Waals surface area contributed by atoms with Gasteiger partial charge in [0.1, 0.15) is 5.75 Å². The van der Waals surface area contributed by atoms with Crippen LogP contribution in [-0.4, -0.2) is 61.8 Å². The molecule has 4 atom stereocenters. The van der Waals surface area contributed by atoms with Crippen LogP contribution in [0.1, 0.15) is 25.7 Å². The second-order valence-electron chi connectivity index (χ2n) is 8.74. The molecular weight excluding hydrogens is 435 g/mol. The summed E-state index contributed by atoms with van der Waals surface area (Å²) in [6.45, 7) is 0. The first-order valence-corrected chi connectivity index (χ1v) is 10.9. The van der Waals surface area contributed by atoms with Crippen molar-refractivity contribution in [3.8, 4) is 28.3 Å². The molecular formula is C22H24F3N7O. The van der Waals surface area contributed by atoms with E-state index in [1.807, 2.05) is 0 Å². The van der Waals surface area contributed by atoms with Gasteiger partial charge in [-0.2, -0.15) is 18.3 Å². The number of aromatic hydroxyl groups is 1. The Labute approximate surface area is 188 Å². The topological polar surface area (TPSA) is 103 Å². The first-order valence-electron chi connectivity index (χ1n) is 10.9. The van der Waals surface area contributed by atoms with Crippen molar-refractivity contribution in [2.45, 2.75) is 50.0 Å². The number of phenols is 1. The predicted molar refractivity (Wildman–Crippen MR) is 115 cm³/mol. The molecule has 2 saturated heterocycles. The second kappa shape index (κ2) is 8.29. The molecule has 3 N–H and O–H groups in total. The van der Waals surface area contributed by atoms with Crippen LogP contribution in [0.5, 0.6) is 5.75 Å². The second-order valence-corrected chi connectivity index (χ2v) is 8.74.